The van der Waals surface area contributed by atoms with Gasteiger partial charge in [-0.15, -0.1) is 0 Å². The quantitative estimate of drug-likeness (QED) is 0.809. The van der Waals surface area contributed by atoms with Crippen molar-refractivity contribution < 1.29 is 9.84 Å². The van der Waals surface area contributed by atoms with E-state index in [4.69, 9.17) is 10.00 Å². The van der Waals surface area contributed by atoms with E-state index < -0.39 is 6.10 Å². The summed E-state index contributed by atoms with van der Waals surface area (Å²) in [6, 6.07) is 9.16. The fourth-order valence-electron chi connectivity index (χ4n) is 2.88. The lowest BCUT2D eigenvalue weighted by atomic mass is 9.89. The topological polar surface area (TPSA) is 65.3 Å². The van der Waals surface area contributed by atoms with E-state index in [2.05, 4.69) is 18.3 Å². The third-order valence-electron chi connectivity index (χ3n) is 4.18. The molecule has 2 rings (SSSR count). The Balaban J connectivity index is 1.70. The minimum Gasteiger partial charge on any atom is -0.489 e. The number of aliphatic hydroxyl groups excluding tert-OH is 1. The summed E-state index contributed by atoms with van der Waals surface area (Å²) in [6.45, 7) is 3.96. The summed E-state index contributed by atoms with van der Waals surface area (Å²) in [6.07, 6.45) is 4.59. The first kappa shape index (κ1) is 15.8. The molecule has 1 aromatic carbocycles. The third-order valence-corrected chi connectivity index (χ3v) is 4.18. The molecule has 0 spiro atoms. The number of aliphatic hydroxyl groups is 1. The van der Waals surface area contributed by atoms with Crippen molar-refractivity contribution in [2.75, 3.05) is 19.7 Å². The van der Waals surface area contributed by atoms with Crippen LogP contribution in [0.25, 0.3) is 0 Å². The van der Waals surface area contributed by atoms with Crippen molar-refractivity contribution in [3.8, 4) is 11.8 Å². The SMILES string of the molecule is CC1(CNCC(O)COc2ccccc2C#N)CCCC1. The Labute approximate surface area is 126 Å². The number of rotatable bonds is 7. The van der Waals surface area contributed by atoms with Crippen molar-refractivity contribution in [2.24, 2.45) is 5.41 Å². The second-order valence-electron chi connectivity index (χ2n) is 6.22. The zero-order valence-electron chi connectivity index (χ0n) is 12.6. The lowest BCUT2D eigenvalue weighted by Crippen LogP contribution is -2.37. The van der Waals surface area contributed by atoms with Gasteiger partial charge >= 0.3 is 0 Å². The van der Waals surface area contributed by atoms with Crippen LogP contribution in [0.3, 0.4) is 0 Å². The normalized spacial score (nSPS) is 18.1. The minimum absolute atomic E-state index is 0.197. The Morgan fingerprint density at radius 2 is 2.10 bits per heavy atom. The molecule has 1 unspecified atom stereocenters. The van der Waals surface area contributed by atoms with Gasteiger partial charge in [0.2, 0.25) is 0 Å². The number of nitrogens with one attached hydrogen (secondary N) is 1. The monoisotopic (exact) mass is 288 g/mol. The second-order valence-corrected chi connectivity index (χ2v) is 6.22. The van der Waals surface area contributed by atoms with E-state index in [1.165, 1.54) is 25.7 Å². The summed E-state index contributed by atoms with van der Waals surface area (Å²) in [7, 11) is 0. The molecule has 4 nitrogen and oxygen atoms in total. The summed E-state index contributed by atoms with van der Waals surface area (Å²) < 4.78 is 5.52. The highest BCUT2D eigenvalue weighted by atomic mass is 16.5. The van der Waals surface area contributed by atoms with Crippen molar-refractivity contribution in [3.05, 3.63) is 29.8 Å². The molecule has 1 aromatic rings. The molecule has 0 aliphatic heterocycles. The molecule has 2 N–H and O–H groups in total. The van der Waals surface area contributed by atoms with E-state index in [9.17, 15) is 5.11 Å². The smallest absolute Gasteiger partial charge is 0.137 e. The first-order valence-corrected chi connectivity index (χ1v) is 7.64. The van der Waals surface area contributed by atoms with Gasteiger partial charge in [0.25, 0.3) is 0 Å². The first-order valence-electron chi connectivity index (χ1n) is 7.64. The maximum Gasteiger partial charge on any atom is 0.137 e. The van der Waals surface area contributed by atoms with Gasteiger partial charge in [0.15, 0.2) is 0 Å². The molecule has 1 saturated carbocycles. The van der Waals surface area contributed by atoms with Crippen LogP contribution in [-0.4, -0.2) is 30.9 Å². The highest BCUT2D eigenvalue weighted by Gasteiger charge is 2.28. The minimum atomic E-state index is -0.568. The van der Waals surface area contributed by atoms with Crippen molar-refractivity contribution >= 4 is 0 Å². The summed E-state index contributed by atoms with van der Waals surface area (Å²) in [5.41, 5.74) is 0.879. The molecule has 0 bridgehead atoms. The second kappa shape index (κ2) is 7.44. The van der Waals surface area contributed by atoms with Crippen LogP contribution in [0.5, 0.6) is 5.75 Å². The summed E-state index contributed by atoms with van der Waals surface area (Å²) in [5, 5.41) is 22.3. The van der Waals surface area contributed by atoms with E-state index in [0.29, 0.717) is 23.3 Å². The van der Waals surface area contributed by atoms with Gasteiger partial charge in [-0.05, 0) is 30.4 Å². The van der Waals surface area contributed by atoms with Gasteiger partial charge in [0.1, 0.15) is 24.5 Å². The highest BCUT2D eigenvalue weighted by molar-refractivity contribution is 5.42. The Morgan fingerprint density at radius 3 is 2.81 bits per heavy atom. The fourth-order valence-corrected chi connectivity index (χ4v) is 2.88. The average Bonchev–Trinajstić information content (AvgIpc) is 2.92. The molecule has 0 heterocycles. The van der Waals surface area contributed by atoms with Gasteiger partial charge in [-0.3, -0.25) is 0 Å². The third kappa shape index (κ3) is 4.73. The number of hydrogen-bond donors (Lipinski definition) is 2. The van der Waals surface area contributed by atoms with Gasteiger partial charge in [-0.1, -0.05) is 31.9 Å². The van der Waals surface area contributed by atoms with E-state index in [1.807, 2.05) is 6.07 Å². The number of ether oxygens (including phenoxy) is 1. The molecule has 114 valence electrons. The summed E-state index contributed by atoms with van der Waals surface area (Å²) in [4.78, 5) is 0. The van der Waals surface area contributed by atoms with E-state index in [1.54, 1.807) is 18.2 Å². The first-order chi connectivity index (χ1) is 10.1. The van der Waals surface area contributed by atoms with Crippen LogP contribution in [-0.2, 0) is 0 Å². The van der Waals surface area contributed by atoms with Gasteiger partial charge in [-0.2, -0.15) is 5.26 Å². The van der Waals surface area contributed by atoms with Crippen LogP contribution >= 0.6 is 0 Å². The summed E-state index contributed by atoms with van der Waals surface area (Å²) >= 11 is 0. The molecule has 0 amide bonds. The molecule has 0 saturated heterocycles. The molecule has 0 aromatic heterocycles. The Hall–Kier alpha value is -1.57. The van der Waals surface area contributed by atoms with Gasteiger partial charge in [0, 0.05) is 13.1 Å². The lowest BCUT2D eigenvalue weighted by molar-refractivity contribution is 0.103. The van der Waals surface area contributed by atoms with Crippen molar-refractivity contribution in [1.82, 2.24) is 5.32 Å². The van der Waals surface area contributed by atoms with E-state index >= 15 is 0 Å². The van der Waals surface area contributed by atoms with E-state index in [0.717, 1.165) is 6.54 Å². The van der Waals surface area contributed by atoms with Crippen molar-refractivity contribution in [1.29, 1.82) is 5.26 Å². The number of hydrogen-bond acceptors (Lipinski definition) is 4. The number of nitrogens with zero attached hydrogens (tertiary/aromatic N) is 1. The fraction of sp³-hybridized carbons (Fsp3) is 0.588. The molecule has 1 fully saturated rings. The van der Waals surface area contributed by atoms with Crippen LogP contribution in [0, 0.1) is 16.7 Å². The number of nitriles is 1. The average molecular weight is 288 g/mol. The van der Waals surface area contributed by atoms with Gasteiger partial charge < -0.3 is 15.2 Å². The van der Waals surface area contributed by atoms with E-state index in [-0.39, 0.29) is 6.61 Å². The lowest BCUT2D eigenvalue weighted by Gasteiger charge is -2.24. The van der Waals surface area contributed by atoms with Crippen molar-refractivity contribution in [2.45, 2.75) is 38.7 Å². The van der Waals surface area contributed by atoms with Crippen molar-refractivity contribution in [3.63, 3.8) is 0 Å². The predicted molar refractivity (Wildman–Crippen MR) is 82.1 cm³/mol. The largest absolute Gasteiger partial charge is 0.489 e. The number of benzene rings is 1. The van der Waals surface area contributed by atoms with Crippen LogP contribution in [0.1, 0.15) is 38.2 Å². The van der Waals surface area contributed by atoms with Gasteiger partial charge in [-0.25, -0.2) is 0 Å². The Morgan fingerprint density at radius 1 is 1.38 bits per heavy atom. The van der Waals surface area contributed by atoms with Crippen LogP contribution in [0.2, 0.25) is 0 Å². The maximum absolute atomic E-state index is 9.96. The van der Waals surface area contributed by atoms with Crippen LogP contribution in [0.15, 0.2) is 24.3 Å². The van der Waals surface area contributed by atoms with Crippen LogP contribution < -0.4 is 10.1 Å². The molecular formula is C17H24N2O2. The zero-order chi connectivity index (χ0) is 15.1. The number of para-hydroxylation sites is 1. The molecule has 4 heteroatoms. The molecular weight excluding hydrogens is 264 g/mol. The Kier molecular flexibility index (Phi) is 5.60. The summed E-state index contributed by atoms with van der Waals surface area (Å²) in [5.74, 6) is 0.529. The standard InChI is InChI=1S/C17H24N2O2/c1-17(8-4-5-9-17)13-19-11-15(20)12-21-16-7-3-2-6-14(16)10-18/h2-3,6-7,15,19-20H,4-5,8-9,11-13H2,1H3. The molecule has 1 atom stereocenters. The molecule has 0 radical (unpaired) electrons. The molecule has 1 aliphatic rings. The van der Waals surface area contributed by atoms with Gasteiger partial charge in [0.05, 0.1) is 5.56 Å². The zero-order valence-corrected chi connectivity index (χ0v) is 12.6. The van der Waals surface area contributed by atoms with Crippen LogP contribution in [0.4, 0.5) is 0 Å². The maximum atomic E-state index is 9.96. The Bertz CT molecular complexity index is 490. The highest BCUT2D eigenvalue weighted by Crippen LogP contribution is 2.36. The predicted octanol–water partition coefficient (Wildman–Crippen LogP) is 2.47. The molecule has 21 heavy (non-hydrogen) atoms. The molecule has 1 aliphatic carbocycles.